The Morgan fingerprint density at radius 2 is 1.71 bits per heavy atom. The van der Waals surface area contributed by atoms with Gasteiger partial charge in [0.15, 0.2) is 0 Å². The second-order valence-corrected chi connectivity index (χ2v) is 9.23. The monoisotopic (exact) mass is 354 g/mol. The van der Waals surface area contributed by atoms with Crippen molar-refractivity contribution < 1.29 is 12.8 Å². The molecule has 0 amide bonds. The summed E-state index contributed by atoms with van der Waals surface area (Å²) in [6.45, 7) is 5.67. The lowest BCUT2D eigenvalue weighted by Gasteiger charge is -2.41. The maximum atomic E-state index is 13.0. The van der Waals surface area contributed by atoms with Crippen LogP contribution < -0.4 is 0 Å². The molecule has 0 spiro atoms. The summed E-state index contributed by atoms with van der Waals surface area (Å²) < 4.78 is 40.2. The predicted octanol–water partition coefficient (Wildman–Crippen LogP) is 2.99. The van der Waals surface area contributed by atoms with Gasteiger partial charge in [-0.15, -0.1) is 0 Å². The Balaban J connectivity index is 1.70. The van der Waals surface area contributed by atoms with Gasteiger partial charge in [0, 0.05) is 31.2 Å². The molecule has 2 aliphatic heterocycles. The van der Waals surface area contributed by atoms with Crippen molar-refractivity contribution >= 4 is 10.0 Å². The highest BCUT2D eigenvalue weighted by Crippen LogP contribution is 2.30. The molecule has 2 saturated heterocycles. The molecule has 0 aliphatic carbocycles. The zero-order chi connectivity index (χ0) is 17.3. The fourth-order valence-electron chi connectivity index (χ4n) is 4.23. The summed E-state index contributed by atoms with van der Waals surface area (Å²) in [5, 5.41) is 0. The maximum absolute atomic E-state index is 13.0. The van der Waals surface area contributed by atoms with Gasteiger partial charge in [-0.1, -0.05) is 12.1 Å². The minimum absolute atomic E-state index is 0.0505. The average Bonchev–Trinajstić information content (AvgIpc) is 2.88. The van der Waals surface area contributed by atoms with Gasteiger partial charge >= 0.3 is 0 Å². The Labute approximate surface area is 144 Å². The quantitative estimate of drug-likeness (QED) is 0.835. The highest BCUT2D eigenvalue weighted by molar-refractivity contribution is 7.88. The number of halogens is 1. The van der Waals surface area contributed by atoms with Crippen LogP contribution >= 0.6 is 0 Å². The molecule has 3 rings (SSSR count). The van der Waals surface area contributed by atoms with E-state index < -0.39 is 10.0 Å². The van der Waals surface area contributed by atoms with E-state index in [1.165, 1.54) is 25.0 Å². The number of rotatable bonds is 4. The summed E-state index contributed by atoms with van der Waals surface area (Å²) >= 11 is 0. The van der Waals surface area contributed by atoms with E-state index in [-0.39, 0.29) is 11.6 Å². The molecule has 0 aromatic heterocycles. The van der Waals surface area contributed by atoms with Crippen LogP contribution in [0.3, 0.4) is 0 Å². The first kappa shape index (κ1) is 17.8. The van der Waals surface area contributed by atoms with Gasteiger partial charge in [0.2, 0.25) is 10.0 Å². The zero-order valence-corrected chi connectivity index (χ0v) is 15.3. The number of likely N-dealkylation sites (tertiary alicyclic amines) is 1. The van der Waals surface area contributed by atoms with Crippen LogP contribution in [0, 0.1) is 5.82 Å². The number of nitrogens with zero attached hydrogens (tertiary/aromatic N) is 2. The van der Waals surface area contributed by atoms with Crippen molar-refractivity contribution in [3.8, 4) is 0 Å². The predicted molar refractivity (Wildman–Crippen MR) is 93.6 cm³/mol. The minimum atomic E-state index is -3.36. The van der Waals surface area contributed by atoms with E-state index in [1.54, 1.807) is 16.4 Å². The van der Waals surface area contributed by atoms with Crippen molar-refractivity contribution in [3.63, 3.8) is 0 Å². The fraction of sp³-hybridized carbons (Fsp3) is 0.667. The van der Waals surface area contributed by atoms with E-state index in [0.717, 1.165) is 12.8 Å². The summed E-state index contributed by atoms with van der Waals surface area (Å²) in [5.41, 5.74) is 0.640. The van der Waals surface area contributed by atoms with Crippen LogP contribution in [0.15, 0.2) is 24.3 Å². The SMILES string of the molecule is C[C@@H]1CC[C@@H](C)N1[C@H]1CCCN(S(=O)(=O)Cc2ccc(F)cc2)C1. The maximum Gasteiger partial charge on any atom is 0.218 e. The third-order valence-corrected chi connectivity index (χ3v) is 7.27. The van der Waals surface area contributed by atoms with Gasteiger partial charge in [-0.25, -0.2) is 17.1 Å². The molecule has 0 saturated carbocycles. The van der Waals surface area contributed by atoms with Gasteiger partial charge < -0.3 is 0 Å². The van der Waals surface area contributed by atoms with E-state index in [0.29, 0.717) is 36.8 Å². The standard InChI is InChI=1S/C18H27FN2O2S/c1-14-5-6-15(2)21(14)18-4-3-11-20(12-18)24(22,23)13-16-7-9-17(19)10-8-16/h7-10,14-15,18H,3-6,11-13H2,1-2H3/t14-,15-,18+/m1/s1. The number of hydrogen-bond donors (Lipinski definition) is 0. The Bertz CT molecular complexity index is 652. The second kappa shape index (κ2) is 7.10. The van der Waals surface area contributed by atoms with Crippen molar-refractivity contribution in [1.29, 1.82) is 0 Å². The van der Waals surface area contributed by atoms with Crippen LogP contribution in [0.2, 0.25) is 0 Å². The first-order valence-electron chi connectivity index (χ1n) is 8.86. The molecular formula is C18H27FN2O2S. The molecule has 0 N–H and O–H groups in total. The lowest BCUT2D eigenvalue weighted by atomic mass is 10.0. The number of benzene rings is 1. The van der Waals surface area contributed by atoms with E-state index in [2.05, 4.69) is 18.7 Å². The molecule has 1 aromatic rings. The molecule has 2 fully saturated rings. The van der Waals surface area contributed by atoms with Crippen molar-refractivity contribution in [2.45, 2.75) is 63.4 Å². The molecule has 2 heterocycles. The number of sulfonamides is 1. The van der Waals surface area contributed by atoms with Gasteiger partial charge in [-0.3, -0.25) is 4.90 Å². The first-order valence-corrected chi connectivity index (χ1v) is 10.5. The van der Waals surface area contributed by atoms with Gasteiger partial charge in [0.05, 0.1) is 5.75 Å². The zero-order valence-electron chi connectivity index (χ0n) is 14.5. The van der Waals surface area contributed by atoms with Gasteiger partial charge in [-0.2, -0.15) is 0 Å². The molecule has 0 unspecified atom stereocenters. The molecule has 134 valence electrons. The molecule has 6 heteroatoms. The lowest BCUT2D eigenvalue weighted by Crippen LogP contribution is -2.52. The Morgan fingerprint density at radius 1 is 1.08 bits per heavy atom. The number of piperidine rings is 1. The largest absolute Gasteiger partial charge is 0.294 e. The number of hydrogen-bond acceptors (Lipinski definition) is 3. The van der Waals surface area contributed by atoms with Crippen LogP contribution in [0.5, 0.6) is 0 Å². The van der Waals surface area contributed by atoms with Crippen LogP contribution in [0.4, 0.5) is 4.39 Å². The van der Waals surface area contributed by atoms with Crippen LogP contribution in [-0.4, -0.2) is 48.8 Å². The Hall–Kier alpha value is -0.980. The molecule has 0 radical (unpaired) electrons. The minimum Gasteiger partial charge on any atom is -0.294 e. The molecular weight excluding hydrogens is 327 g/mol. The normalized spacial score (nSPS) is 29.9. The topological polar surface area (TPSA) is 40.6 Å². The Kier molecular flexibility index (Phi) is 5.27. The van der Waals surface area contributed by atoms with Crippen molar-refractivity contribution in [1.82, 2.24) is 9.21 Å². The summed E-state index contributed by atoms with van der Waals surface area (Å²) in [4.78, 5) is 2.51. The van der Waals surface area contributed by atoms with E-state index in [9.17, 15) is 12.8 Å². The van der Waals surface area contributed by atoms with Crippen molar-refractivity contribution in [2.75, 3.05) is 13.1 Å². The fourth-order valence-corrected chi connectivity index (χ4v) is 5.84. The Morgan fingerprint density at radius 3 is 2.33 bits per heavy atom. The second-order valence-electron chi connectivity index (χ2n) is 7.26. The summed E-state index contributed by atoms with van der Waals surface area (Å²) in [6.07, 6.45) is 4.36. The van der Waals surface area contributed by atoms with Gasteiger partial charge in [-0.05, 0) is 57.2 Å². The molecule has 3 atom stereocenters. The summed E-state index contributed by atoms with van der Waals surface area (Å²) in [6, 6.07) is 7.12. The molecule has 2 aliphatic rings. The summed E-state index contributed by atoms with van der Waals surface area (Å²) in [5.74, 6) is -0.392. The first-order chi connectivity index (χ1) is 11.4. The lowest BCUT2D eigenvalue weighted by molar-refractivity contribution is 0.0979. The average molecular weight is 354 g/mol. The highest BCUT2D eigenvalue weighted by atomic mass is 32.2. The van der Waals surface area contributed by atoms with E-state index in [4.69, 9.17) is 0 Å². The smallest absolute Gasteiger partial charge is 0.218 e. The van der Waals surface area contributed by atoms with Crippen LogP contribution in [0.1, 0.15) is 45.1 Å². The third kappa shape index (κ3) is 3.81. The van der Waals surface area contributed by atoms with Gasteiger partial charge in [0.1, 0.15) is 5.82 Å². The van der Waals surface area contributed by atoms with Gasteiger partial charge in [0.25, 0.3) is 0 Å². The molecule has 1 aromatic carbocycles. The molecule has 4 nitrogen and oxygen atoms in total. The van der Waals surface area contributed by atoms with E-state index in [1.807, 2.05) is 0 Å². The summed E-state index contributed by atoms with van der Waals surface area (Å²) in [7, 11) is -3.36. The molecule has 0 bridgehead atoms. The van der Waals surface area contributed by atoms with Crippen LogP contribution in [-0.2, 0) is 15.8 Å². The van der Waals surface area contributed by atoms with Crippen molar-refractivity contribution in [3.05, 3.63) is 35.6 Å². The van der Waals surface area contributed by atoms with Crippen molar-refractivity contribution in [2.24, 2.45) is 0 Å². The molecule has 24 heavy (non-hydrogen) atoms. The highest BCUT2D eigenvalue weighted by Gasteiger charge is 2.37. The van der Waals surface area contributed by atoms with Crippen LogP contribution in [0.25, 0.3) is 0 Å². The third-order valence-electron chi connectivity index (χ3n) is 5.46. The van der Waals surface area contributed by atoms with E-state index >= 15 is 0 Å².